The van der Waals surface area contributed by atoms with Crippen molar-refractivity contribution in [2.24, 2.45) is 0 Å². The Morgan fingerprint density at radius 1 is 1.56 bits per heavy atom. The van der Waals surface area contributed by atoms with Gasteiger partial charge in [0.15, 0.2) is 0 Å². The molecular weight excluding hydrogens is 209 g/mol. The van der Waals surface area contributed by atoms with Crippen LogP contribution in [-0.2, 0) is 0 Å². The highest BCUT2D eigenvalue weighted by atomic mass is 19.1. The topological polar surface area (TPSA) is 49.3 Å². The van der Waals surface area contributed by atoms with Crippen LogP contribution in [0.5, 0.6) is 0 Å². The van der Waals surface area contributed by atoms with Gasteiger partial charge in [0.1, 0.15) is 12.4 Å². The molecule has 0 unspecified atom stereocenters. The first-order chi connectivity index (χ1) is 7.69. The van der Waals surface area contributed by atoms with Gasteiger partial charge in [0.25, 0.3) is 5.91 Å². The molecule has 3 nitrogen and oxygen atoms in total. The van der Waals surface area contributed by atoms with Crippen LogP contribution in [0.1, 0.15) is 22.8 Å². The van der Waals surface area contributed by atoms with Gasteiger partial charge in [-0.3, -0.25) is 4.79 Å². The molecule has 0 fully saturated rings. The van der Waals surface area contributed by atoms with E-state index in [4.69, 9.17) is 5.11 Å². The number of carbonyl (C=O) groups excluding carboxylic acids is 1. The third kappa shape index (κ3) is 3.07. The van der Waals surface area contributed by atoms with Crippen molar-refractivity contribution in [3.63, 3.8) is 0 Å². The highest BCUT2D eigenvalue weighted by molar-refractivity contribution is 5.94. The van der Waals surface area contributed by atoms with Crippen LogP contribution < -0.4 is 5.32 Å². The molecule has 0 spiro atoms. The van der Waals surface area contributed by atoms with Gasteiger partial charge >= 0.3 is 0 Å². The second-order valence-corrected chi connectivity index (χ2v) is 3.01. The number of aliphatic hydroxyl groups excluding tert-OH is 1. The Balaban J connectivity index is 2.95. The highest BCUT2D eigenvalue weighted by Gasteiger charge is 2.10. The Bertz CT molecular complexity index is 446. The summed E-state index contributed by atoms with van der Waals surface area (Å²) in [6, 6.07) is 4.09. The molecule has 84 valence electrons. The molecule has 1 aromatic rings. The first-order valence-corrected chi connectivity index (χ1v) is 4.86. The van der Waals surface area contributed by atoms with Crippen LogP contribution in [-0.4, -0.2) is 24.2 Å². The summed E-state index contributed by atoms with van der Waals surface area (Å²) in [5.41, 5.74) is 0.427. The number of hydrogen-bond donors (Lipinski definition) is 2. The smallest absolute Gasteiger partial charge is 0.254 e. The molecule has 0 aliphatic rings. The average Bonchev–Trinajstić information content (AvgIpc) is 2.26. The lowest BCUT2D eigenvalue weighted by atomic mass is 10.1. The summed E-state index contributed by atoms with van der Waals surface area (Å²) in [6.07, 6.45) is 0. The van der Waals surface area contributed by atoms with Gasteiger partial charge in [0.2, 0.25) is 0 Å². The SMILES string of the molecule is CCNC(=O)c1ccc(C#CCO)cc1F. The van der Waals surface area contributed by atoms with Gasteiger partial charge in [-0.25, -0.2) is 4.39 Å². The van der Waals surface area contributed by atoms with Crippen molar-refractivity contribution in [3.05, 3.63) is 35.1 Å². The van der Waals surface area contributed by atoms with E-state index < -0.39 is 11.7 Å². The van der Waals surface area contributed by atoms with Gasteiger partial charge in [-0.1, -0.05) is 11.8 Å². The first kappa shape index (κ1) is 12.2. The minimum atomic E-state index is -0.615. The fourth-order valence-corrected chi connectivity index (χ4v) is 1.17. The maximum Gasteiger partial charge on any atom is 0.254 e. The zero-order valence-corrected chi connectivity index (χ0v) is 8.88. The second-order valence-electron chi connectivity index (χ2n) is 3.01. The van der Waals surface area contributed by atoms with E-state index in [9.17, 15) is 9.18 Å². The lowest BCUT2D eigenvalue weighted by Gasteiger charge is -2.03. The second kappa shape index (κ2) is 5.89. The molecule has 16 heavy (non-hydrogen) atoms. The summed E-state index contributed by atoms with van der Waals surface area (Å²) in [4.78, 5) is 11.4. The van der Waals surface area contributed by atoms with E-state index in [0.29, 0.717) is 12.1 Å². The highest BCUT2D eigenvalue weighted by Crippen LogP contribution is 2.09. The Morgan fingerprint density at radius 2 is 2.31 bits per heavy atom. The summed E-state index contributed by atoms with van der Waals surface area (Å²) in [7, 11) is 0. The van der Waals surface area contributed by atoms with E-state index in [1.54, 1.807) is 6.92 Å². The Hall–Kier alpha value is -1.86. The first-order valence-electron chi connectivity index (χ1n) is 4.86. The van der Waals surface area contributed by atoms with Crippen molar-refractivity contribution in [2.45, 2.75) is 6.92 Å². The van der Waals surface area contributed by atoms with Crippen LogP contribution in [0.15, 0.2) is 18.2 Å². The van der Waals surface area contributed by atoms with Crippen molar-refractivity contribution in [1.82, 2.24) is 5.32 Å². The largest absolute Gasteiger partial charge is 0.384 e. The molecule has 4 heteroatoms. The summed E-state index contributed by atoms with van der Waals surface area (Å²) >= 11 is 0. The van der Waals surface area contributed by atoms with Crippen LogP contribution in [0, 0.1) is 17.7 Å². The number of carbonyl (C=O) groups is 1. The molecule has 0 aliphatic carbocycles. The van der Waals surface area contributed by atoms with Crippen LogP contribution >= 0.6 is 0 Å². The van der Waals surface area contributed by atoms with Crippen molar-refractivity contribution in [1.29, 1.82) is 0 Å². The van der Waals surface area contributed by atoms with Crippen molar-refractivity contribution >= 4 is 5.91 Å². The third-order valence-electron chi connectivity index (χ3n) is 1.86. The van der Waals surface area contributed by atoms with Crippen LogP contribution in [0.25, 0.3) is 0 Å². The lowest BCUT2D eigenvalue weighted by Crippen LogP contribution is -2.23. The molecule has 0 atom stereocenters. The Kier molecular flexibility index (Phi) is 4.49. The fraction of sp³-hybridized carbons (Fsp3) is 0.250. The summed E-state index contributed by atoms with van der Waals surface area (Å²) in [5.74, 6) is 3.91. The quantitative estimate of drug-likeness (QED) is 0.729. The maximum atomic E-state index is 13.5. The van der Waals surface area contributed by atoms with Crippen LogP contribution in [0.2, 0.25) is 0 Å². The van der Waals surface area contributed by atoms with Crippen molar-refractivity contribution < 1.29 is 14.3 Å². The molecule has 0 aliphatic heterocycles. The predicted octanol–water partition coefficient (Wildman–Crippen LogP) is 0.919. The van der Waals surface area contributed by atoms with Gasteiger partial charge in [0.05, 0.1) is 5.56 Å². The molecule has 0 radical (unpaired) electrons. The molecule has 0 aromatic heterocycles. The fourth-order valence-electron chi connectivity index (χ4n) is 1.17. The molecule has 1 aromatic carbocycles. The minimum Gasteiger partial charge on any atom is -0.384 e. The number of benzene rings is 1. The van der Waals surface area contributed by atoms with E-state index in [1.807, 2.05) is 0 Å². The minimum absolute atomic E-state index is 0.00333. The van der Waals surface area contributed by atoms with Crippen LogP contribution in [0.3, 0.4) is 0 Å². The molecule has 2 N–H and O–H groups in total. The Labute approximate surface area is 93.3 Å². The van der Waals surface area contributed by atoms with Crippen LogP contribution in [0.4, 0.5) is 4.39 Å². The summed E-state index contributed by atoms with van der Waals surface area (Å²) in [6.45, 7) is 1.93. The zero-order chi connectivity index (χ0) is 12.0. The standard InChI is InChI=1S/C12H12FNO2/c1-2-14-12(16)10-6-5-9(4-3-7-15)8-11(10)13/h5-6,8,15H,2,7H2,1H3,(H,14,16). The van der Waals surface area contributed by atoms with Gasteiger partial charge in [-0.2, -0.15) is 0 Å². The molecule has 1 rings (SSSR count). The maximum absolute atomic E-state index is 13.5. The Morgan fingerprint density at radius 3 is 2.88 bits per heavy atom. The molecular formula is C12H12FNO2. The molecule has 0 saturated carbocycles. The average molecular weight is 221 g/mol. The predicted molar refractivity (Wildman–Crippen MR) is 58.4 cm³/mol. The molecule has 0 heterocycles. The van der Waals surface area contributed by atoms with E-state index in [1.165, 1.54) is 18.2 Å². The van der Waals surface area contributed by atoms with Crippen molar-refractivity contribution in [3.8, 4) is 11.8 Å². The monoisotopic (exact) mass is 221 g/mol. The zero-order valence-electron chi connectivity index (χ0n) is 8.88. The number of halogens is 1. The van der Waals surface area contributed by atoms with Gasteiger partial charge < -0.3 is 10.4 Å². The van der Waals surface area contributed by atoms with Crippen molar-refractivity contribution in [2.75, 3.05) is 13.2 Å². The van der Waals surface area contributed by atoms with E-state index in [2.05, 4.69) is 17.2 Å². The number of aliphatic hydroxyl groups is 1. The van der Waals surface area contributed by atoms with Gasteiger partial charge in [0, 0.05) is 12.1 Å². The molecule has 1 amide bonds. The van der Waals surface area contributed by atoms with Gasteiger partial charge in [-0.15, -0.1) is 0 Å². The number of amides is 1. The lowest BCUT2D eigenvalue weighted by molar-refractivity contribution is 0.0952. The number of rotatable bonds is 2. The number of hydrogen-bond acceptors (Lipinski definition) is 2. The van der Waals surface area contributed by atoms with E-state index >= 15 is 0 Å². The summed E-state index contributed by atoms with van der Waals surface area (Å²) in [5, 5.41) is 11.0. The van der Waals surface area contributed by atoms with Gasteiger partial charge in [-0.05, 0) is 25.1 Å². The van der Waals surface area contributed by atoms with E-state index in [-0.39, 0.29) is 12.2 Å². The summed E-state index contributed by atoms with van der Waals surface area (Å²) < 4.78 is 13.5. The number of nitrogens with one attached hydrogen (secondary N) is 1. The van der Waals surface area contributed by atoms with E-state index in [0.717, 1.165) is 0 Å². The molecule has 0 saturated heterocycles. The molecule has 0 bridgehead atoms. The normalized spacial score (nSPS) is 9.19. The third-order valence-corrected chi connectivity index (χ3v) is 1.86.